The highest BCUT2D eigenvalue weighted by molar-refractivity contribution is 5.89. The van der Waals surface area contributed by atoms with Gasteiger partial charge in [0.25, 0.3) is 0 Å². The number of carbonyl (C=O) groups is 1. The van der Waals surface area contributed by atoms with Crippen LogP contribution in [0.4, 0.5) is 0 Å². The molecule has 1 aliphatic heterocycles. The zero-order valence-corrected chi connectivity index (χ0v) is 15.6. The highest BCUT2D eigenvalue weighted by Crippen LogP contribution is 2.34. The second-order valence-electron chi connectivity index (χ2n) is 7.09. The Balaban J connectivity index is 1.63. The lowest BCUT2D eigenvalue weighted by molar-refractivity contribution is -0.129. The van der Waals surface area contributed by atoms with E-state index >= 15 is 0 Å². The van der Waals surface area contributed by atoms with E-state index < -0.39 is 0 Å². The van der Waals surface area contributed by atoms with Crippen LogP contribution in [0.25, 0.3) is 5.57 Å². The van der Waals surface area contributed by atoms with Gasteiger partial charge in [-0.05, 0) is 47.1 Å². The number of allylic oxidation sites excluding steroid dienone is 3. The first kappa shape index (κ1) is 17.7. The molecule has 0 saturated carbocycles. The molecular formula is C24H25NO2. The summed E-state index contributed by atoms with van der Waals surface area (Å²) in [5.41, 5.74) is 6.65. The minimum absolute atomic E-state index is 0.0868. The molecule has 3 nitrogen and oxygen atoms in total. The number of ether oxygens (including phenoxy) is 1. The Kier molecular flexibility index (Phi) is 5.50. The molecule has 1 heterocycles. The second kappa shape index (κ2) is 8.36. The maximum absolute atomic E-state index is 12.5. The molecule has 138 valence electrons. The molecule has 4 rings (SSSR count). The summed E-state index contributed by atoms with van der Waals surface area (Å²) in [5.74, 6) is 0.0868. The zero-order chi connectivity index (χ0) is 18.5. The van der Waals surface area contributed by atoms with Crippen molar-refractivity contribution in [1.29, 1.82) is 0 Å². The van der Waals surface area contributed by atoms with Crippen LogP contribution in [0.3, 0.4) is 0 Å². The molecule has 0 N–H and O–H groups in total. The molecule has 2 aromatic carbocycles. The third-order valence-electron chi connectivity index (χ3n) is 5.37. The zero-order valence-electron chi connectivity index (χ0n) is 15.6. The molecule has 2 aromatic rings. The van der Waals surface area contributed by atoms with E-state index in [0.717, 1.165) is 19.3 Å². The summed E-state index contributed by atoms with van der Waals surface area (Å²) in [5, 5.41) is 0. The van der Waals surface area contributed by atoms with Crippen molar-refractivity contribution in [3.05, 3.63) is 89.0 Å². The third-order valence-corrected chi connectivity index (χ3v) is 5.37. The van der Waals surface area contributed by atoms with E-state index in [1.807, 2.05) is 11.0 Å². The van der Waals surface area contributed by atoms with Crippen LogP contribution >= 0.6 is 0 Å². The Morgan fingerprint density at radius 3 is 2.52 bits per heavy atom. The van der Waals surface area contributed by atoms with Crippen molar-refractivity contribution in [1.82, 2.24) is 4.90 Å². The van der Waals surface area contributed by atoms with E-state index in [2.05, 4.69) is 54.6 Å². The van der Waals surface area contributed by atoms with Crippen LogP contribution in [0.1, 0.15) is 23.1 Å². The molecular weight excluding hydrogens is 334 g/mol. The number of hydrogen-bond donors (Lipinski definition) is 0. The lowest BCUT2D eigenvalue weighted by Gasteiger charge is -2.26. The minimum Gasteiger partial charge on any atom is -0.378 e. The summed E-state index contributed by atoms with van der Waals surface area (Å²) in [4.78, 5) is 14.4. The normalized spacial score (nSPS) is 17.3. The van der Waals surface area contributed by atoms with Crippen molar-refractivity contribution in [2.45, 2.75) is 19.3 Å². The highest BCUT2D eigenvalue weighted by Gasteiger charge is 2.19. The van der Waals surface area contributed by atoms with Gasteiger partial charge in [-0.3, -0.25) is 4.79 Å². The fourth-order valence-corrected chi connectivity index (χ4v) is 3.88. The predicted octanol–water partition coefficient (Wildman–Crippen LogP) is 4.04. The molecule has 0 bridgehead atoms. The highest BCUT2D eigenvalue weighted by atomic mass is 16.5. The molecule has 0 spiro atoms. The monoisotopic (exact) mass is 359 g/mol. The van der Waals surface area contributed by atoms with Gasteiger partial charge in [-0.1, -0.05) is 60.7 Å². The van der Waals surface area contributed by atoms with Crippen LogP contribution in [-0.2, 0) is 22.4 Å². The topological polar surface area (TPSA) is 29.5 Å². The van der Waals surface area contributed by atoms with Crippen LogP contribution < -0.4 is 0 Å². The number of amides is 1. The average Bonchev–Trinajstić information content (AvgIpc) is 2.74. The molecule has 3 heteroatoms. The molecule has 1 saturated heterocycles. The van der Waals surface area contributed by atoms with Crippen LogP contribution in [0.2, 0.25) is 0 Å². The van der Waals surface area contributed by atoms with Crippen molar-refractivity contribution in [3.63, 3.8) is 0 Å². The Bertz CT molecular complexity index is 861. The van der Waals surface area contributed by atoms with Crippen molar-refractivity contribution in [3.8, 4) is 0 Å². The second-order valence-corrected chi connectivity index (χ2v) is 7.09. The Morgan fingerprint density at radius 2 is 1.70 bits per heavy atom. The van der Waals surface area contributed by atoms with Crippen molar-refractivity contribution in [2.24, 2.45) is 0 Å². The fraction of sp³-hybridized carbons (Fsp3) is 0.292. The van der Waals surface area contributed by atoms with Gasteiger partial charge in [0.1, 0.15) is 0 Å². The maximum Gasteiger partial charge on any atom is 0.246 e. The van der Waals surface area contributed by atoms with E-state index in [1.165, 1.54) is 27.8 Å². The van der Waals surface area contributed by atoms with Crippen LogP contribution in [0.15, 0.2) is 72.3 Å². The quantitative estimate of drug-likeness (QED) is 0.771. The Hall–Kier alpha value is -2.65. The summed E-state index contributed by atoms with van der Waals surface area (Å²) in [7, 11) is 0. The lowest BCUT2D eigenvalue weighted by atomic mass is 9.82. The summed E-state index contributed by atoms with van der Waals surface area (Å²) < 4.78 is 5.34. The number of aryl methyl sites for hydroxylation is 1. The van der Waals surface area contributed by atoms with Crippen LogP contribution in [0.5, 0.6) is 0 Å². The van der Waals surface area contributed by atoms with E-state index in [4.69, 9.17) is 4.74 Å². The van der Waals surface area contributed by atoms with Gasteiger partial charge in [0.15, 0.2) is 0 Å². The largest absolute Gasteiger partial charge is 0.378 e. The molecule has 1 aliphatic carbocycles. The van der Waals surface area contributed by atoms with E-state index in [1.54, 1.807) is 6.08 Å². The first-order chi connectivity index (χ1) is 13.3. The molecule has 0 radical (unpaired) electrons. The molecule has 0 unspecified atom stereocenters. The number of hydrogen-bond acceptors (Lipinski definition) is 2. The molecule has 0 aromatic heterocycles. The Morgan fingerprint density at radius 1 is 0.963 bits per heavy atom. The van der Waals surface area contributed by atoms with E-state index in [9.17, 15) is 4.79 Å². The first-order valence-corrected chi connectivity index (χ1v) is 9.70. The van der Waals surface area contributed by atoms with Gasteiger partial charge in [-0.15, -0.1) is 0 Å². The first-order valence-electron chi connectivity index (χ1n) is 9.70. The van der Waals surface area contributed by atoms with Gasteiger partial charge in [0, 0.05) is 19.2 Å². The number of carbonyl (C=O) groups excluding carboxylic acids is 1. The third kappa shape index (κ3) is 4.20. The number of morpholine rings is 1. The SMILES string of the molecule is O=C(C=CC1=C(Cc2ccccc2)c2ccccc2CC1)N1CCOCC1. The van der Waals surface area contributed by atoms with Gasteiger partial charge in [0.05, 0.1) is 13.2 Å². The molecule has 1 amide bonds. The van der Waals surface area contributed by atoms with Gasteiger partial charge in [-0.2, -0.15) is 0 Å². The molecule has 27 heavy (non-hydrogen) atoms. The van der Waals surface area contributed by atoms with Crippen molar-refractivity contribution < 1.29 is 9.53 Å². The van der Waals surface area contributed by atoms with E-state index in [-0.39, 0.29) is 5.91 Å². The summed E-state index contributed by atoms with van der Waals surface area (Å²) in [6, 6.07) is 19.2. The summed E-state index contributed by atoms with van der Waals surface area (Å²) in [6.45, 7) is 2.63. The fourth-order valence-electron chi connectivity index (χ4n) is 3.88. The molecule has 0 atom stereocenters. The number of rotatable bonds is 4. The Labute approximate surface area is 161 Å². The summed E-state index contributed by atoms with van der Waals surface area (Å²) >= 11 is 0. The smallest absolute Gasteiger partial charge is 0.246 e. The van der Waals surface area contributed by atoms with Crippen molar-refractivity contribution in [2.75, 3.05) is 26.3 Å². The van der Waals surface area contributed by atoms with Crippen molar-refractivity contribution >= 4 is 11.5 Å². The number of fused-ring (bicyclic) bond motifs is 1. The molecule has 1 fully saturated rings. The lowest BCUT2D eigenvalue weighted by Crippen LogP contribution is -2.39. The minimum atomic E-state index is 0.0868. The number of benzene rings is 2. The predicted molar refractivity (Wildman–Crippen MR) is 108 cm³/mol. The van der Waals surface area contributed by atoms with E-state index in [0.29, 0.717) is 26.3 Å². The summed E-state index contributed by atoms with van der Waals surface area (Å²) in [6.07, 6.45) is 6.70. The van der Waals surface area contributed by atoms with Gasteiger partial charge < -0.3 is 9.64 Å². The average molecular weight is 359 g/mol. The number of nitrogens with zero attached hydrogens (tertiary/aromatic N) is 1. The molecule has 2 aliphatic rings. The van der Waals surface area contributed by atoms with Crippen LogP contribution in [-0.4, -0.2) is 37.1 Å². The van der Waals surface area contributed by atoms with Gasteiger partial charge >= 0.3 is 0 Å². The van der Waals surface area contributed by atoms with Gasteiger partial charge in [-0.25, -0.2) is 0 Å². The van der Waals surface area contributed by atoms with Gasteiger partial charge in [0.2, 0.25) is 5.91 Å². The maximum atomic E-state index is 12.5. The standard InChI is InChI=1S/C24H25NO2/c26-24(25-14-16-27-17-15-25)13-12-21-11-10-20-8-4-5-9-22(20)23(21)18-19-6-2-1-3-7-19/h1-9,12-13H,10-11,14-18H2. The van der Waals surface area contributed by atoms with Crippen LogP contribution in [0, 0.1) is 0 Å².